The molecule has 266 valence electrons. The second-order valence-electron chi connectivity index (χ2n) is 14.5. The van der Waals surface area contributed by atoms with Gasteiger partial charge in [-0.2, -0.15) is 0 Å². The van der Waals surface area contributed by atoms with Crippen molar-refractivity contribution in [3.05, 3.63) is 52.0 Å². The smallest absolute Gasteiger partial charge is 0.338 e. The predicted molar refractivity (Wildman–Crippen MR) is 194 cm³/mol. The summed E-state index contributed by atoms with van der Waals surface area (Å²) in [6, 6.07) is 8.50. The number of ketones is 1. The van der Waals surface area contributed by atoms with Gasteiger partial charge in [0.1, 0.15) is 22.9 Å². The zero-order chi connectivity index (χ0) is 35.3. The number of Topliss-reactive ketones (excluding diaryl/α,β-unsaturated/α-hetero) is 1. The number of unbranched alkanes of at least 4 members (excludes halogenated alkanes) is 9. The van der Waals surface area contributed by atoms with Gasteiger partial charge in [0.25, 0.3) is 0 Å². The van der Waals surface area contributed by atoms with Gasteiger partial charge in [0, 0.05) is 12.0 Å². The van der Waals surface area contributed by atoms with Crippen LogP contribution in [0.5, 0.6) is 11.5 Å². The van der Waals surface area contributed by atoms with Crippen LogP contribution in [0.4, 0.5) is 5.69 Å². The number of aromatic hydroxyl groups is 1. The molecule has 48 heavy (non-hydrogen) atoms. The van der Waals surface area contributed by atoms with Crippen molar-refractivity contribution in [2.75, 3.05) is 11.9 Å². The third-order valence-electron chi connectivity index (χ3n) is 9.44. The first-order valence-electron chi connectivity index (χ1n) is 18.2. The van der Waals surface area contributed by atoms with Gasteiger partial charge >= 0.3 is 5.97 Å². The molecule has 1 aliphatic carbocycles. The lowest BCUT2D eigenvalue weighted by atomic mass is 9.78. The van der Waals surface area contributed by atoms with E-state index >= 15 is 0 Å². The zero-order valence-corrected chi connectivity index (χ0v) is 30.8. The van der Waals surface area contributed by atoms with E-state index in [1.807, 2.05) is 19.1 Å². The van der Waals surface area contributed by atoms with Gasteiger partial charge in [0.15, 0.2) is 0 Å². The Morgan fingerprint density at radius 1 is 1.02 bits per heavy atom. The Morgan fingerprint density at radius 2 is 1.67 bits per heavy atom. The van der Waals surface area contributed by atoms with Gasteiger partial charge in [-0.15, -0.1) is 0 Å². The molecule has 2 atom stereocenters. The molecule has 4 rings (SSSR count). The normalized spacial score (nSPS) is 18.0. The molecular formula is C40H58ClNO6. The van der Waals surface area contributed by atoms with Crippen molar-refractivity contribution in [3.8, 4) is 11.5 Å². The van der Waals surface area contributed by atoms with Crippen LogP contribution in [0.3, 0.4) is 0 Å². The summed E-state index contributed by atoms with van der Waals surface area (Å²) in [7, 11) is 0. The van der Waals surface area contributed by atoms with E-state index < -0.39 is 11.9 Å². The van der Waals surface area contributed by atoms with Crippen molar-refractivity contribution in [2.24, 2.45) is 11.8 Å². The SMILES string of the molecule is CCCCCCCCCCCCOC(=O)c1ccc(Cl)c(NC(=O)C2CCCC2=O)c1.Cc1cc2c(cc1O)C(C(C)C)CC(C)(C)O2. The van der Waals surface area contributed by atoms with Gasteiger partial charge in [0.2, 0.25) is 5.91 Å². The third-order valence-corrected chi connectivity index (χ3v) is 9.77. The maximum atomic E-state index is 12.3. The Bertz CT molecular complexity index is 1370. The van der Waals surface area contributed by atoms with Crippen molar-refractivity contribution in [1.29, 1.82) is 0 Å². The number of fused-ring (bicyclic) bond motifs is 1. The number of hydrogen-bond acceptors (Lipinski definition) is 6. The lowest BCUT2D eigenvalue weighted by Gasteiger charge is -2.39. The summed E-state index contributed by atoms with van der Waals surface area (Å²) in [4.78, 5) is 36.4. The minimum Gasteiger partial charge on any atom is -0.508 e. The maximum absolute atomic E-state index is 12.3. The molecule has 8 heteroatoms. The summed E-state index contributed by atoms with van der Waals surface area (Å²) in [5.41, 5.74) is 2.58. The van der Waals surface area contributed by atoms with Gasteiger partial charge in [0.05, 0.1) is 28.8 Å². The number of carbonyl (C=O) groups excluding carboxylic acids is 3. The van der Waals surface area contributed by atoms with E-state index in [1.54, 1.807) is 12.1 Å². The Labute approximate surface area is 293 Å². The molecule has 0 saturated heterocycles. The van der Waals surface area contributed by atoms with Crippen molar-refractivity contribution in [3.63, 3.8) is 0 Å². The van der Waals surface area contributed by atoms with E-state index in [0.717, 1.165) is 42.6 Å². The highest BCUT2D eigenvalue weighted by molar-refractivity contribution is 6.34. The Morgan fingerprint density at radius 3 is 2.27 bits per heavy atom. The molecule has 0 spiro atoms. The van der Waals surface area contributed by atoms with Crippen LogP contribution in [0, 0.1) is 18.8 Å². The number of hydrogen-bond donors (Lipinski definition) is 2. The first-order valence-corrected chi connectivity index (χ1v) is 18.5. The van der Waals surface area contributed by atoms with Gasteiger partial charge in [-0.25, -0.2) is 4.79 Å². The van der Waals surface area contributed by atoms with Crippen LogP contribution in [0.15, 0.2) is 30.3 Å². The van der Waals surface area contributed by atoms with E-state index in [9.17, 15) is 19.5 Å². The summed E-state index contributed by atoms with van der Waals surface area (Å²) in [6.07, 6.45) is 15.0. The number of halogens is 1. The third kappa shape index (κ3) is 12.1. The second-order valence-corrected chi connectivity index (χ2v) is 14.9. The fraction of sp³-hybridized carbons (Fsp3) is 0.625. The molecule has 0 aromatic heterocycles. The predicted octanol–water partition coefficient (Wildman–Crippen LogP) is 10.7. The molecule has 1 saturated carbocycles. The number of phenolic OH excluding ortho intramolecular Hbond substituents is 1. The molecule has 2 unspecified atom stereocenters. The monoisotopic (exact) mass is 683 g/mol. The van der Waals surface area contributed by atoms with Crippen LogP contribution >= 0.6 is 11.6 Å². The summed E-state index contributed by atoms with van der Waals surface area (Å²) in [5, 5.41) is 12.9. The minimum absolute atomic E-state index is 0.0410. The zero-order valence-electron chi connectivity index (χ0n) is 30.1. The first-order chi connectivity index (χ1) is 22.8. The first kappa shape index (κ1) is 39.4. The fourth-order valence-corrected chi connectivity index (χ4v) is 6.70. The average Bonchev–Trinajstić information content (AvgIpc) is 3.47. The number of carbonyl (C=O) groups is 3. The molecule has 0 bridgehead atoms. The molecule has 2 N–H and O–H groups in total. The summed E-state index contributed by atoms with van der Waals surface area (Å²) >= 11 is 6.16. The van der Waals surface area contributed by atoms with E-state index in [0.29, 0.717) is 53.3 Å². The number of rotatable bonds is 15. The average molecular weight is 684 g/mol. The number of aryl methyl sites for hydroxylation is 1. The molecule has 1 amide bonds. The number of ether oxygens (including phenoxy) is 2. The molecule has 2 aromatic carbocycles. The lowest BCUT2D eigenvalue weighted by Crippen LogP contribution is -2.36. The van der Waals surface area contributed by atoms with Crippen molar-refractivity contribution >= 4 is 34.9 Å². The van der Waals surface area contributed by atoms with Gasteiger partial charge in [-0.3, -0.25) is 9.59 Å². The largest absolute Gasteiger partial charge is 0.508 e. The standard InChI is InChI=1S/C25H36ClNO4.C15H22O2/c1-2-3-4-5-6-7-8-9-10-11-17-31-25(30)19-15-16-21(26)22(18-19)27-24(29)20-13-12-14-23(20)28;1-9(2)12-8-15(4,5)17-14-6-10(3)13(16)7-11(12)14/h15-16,18,20H,2-14,17H2,1H3,(H,27,29);6-7,9,12,16H,8H2,1-5H3. The van der Waals surface area contributed by atoms with Crippen LogP contribution in [0.2, 0.25) is 5.02 Å². The molecule has 1 fully saturated rings. The summed E-state index contributed by atoms with van der Waals surface area (Å²) in [5.74, 6) is 0.872. The highest BCUT2D eigenvalue weighted by Crippen LogP contribution is 2.46. The van der Waals surface area contributed by atoms with Crippen molar-refractivity contribution < 1.29 is 29.0 Å². The highest BCUT2D eigenvalue weighted by Gasteiger charge is 2.35. The number of anilines is 1. The lowest BCUT2D eigenvalue weighted by molar-refractivity contribution is -0.129. The van der Waals surface area contributed by atoms with E-state index in [2.05, 4.69) is 39.9 Å². The Kier molecular flexibility index (Phi) is 15.8. The van der Waals surface area contributed by atoms with Crippen LogP contribution in [-0.4, -0.2) is 35.0 Å². The number of amides is 1. The van der Waals surface area contributed by atoms with Crippen LogP contribution in [0.25, 0.3) is 0 Å². The molecule has 1 aliphatic heterocycles. The fourth-order valence-electron chi connectivity index (χ4n) is 6.54. The maximum Gasteiger partial charge on any atom is 0.338 e. The minimum atomic E-state index is -0.622. The number of esters is 1. The number of nitrogens with one attached hydrogen (secondary N) is 1. The van der Waals surface area contributed by atoms with Crippen LogP contribution < -0.4 is 10.1 Å². The van der Waals surface area contributed by atoms with Gasteiger partial charge in [-0.05, 0) is 94.2 Å². The molecule has 1 heterocycles. The van der Waals surface area contributed by atoms with Gasteiger partial charge < -0.3 is 19.9 Å². The molecular weight excluding hydrogens is 626 g/mol. The topological polar surface area (TPSA) is 102 Å². The second kappa shape index (κ2) is 19.2. The van der Waals surface area contributed by atoms with E-state index in [1.165, 1.54) is 57.4 Å². The highest BCUT2D eigenvalue weighted by atomic mass is 35.5. The molecule has 2 aromatic rings. The van der Waals surface area contributed by atoms with Crippen molar-refractivity contribution in [1.82, 2.24) is 0 Å². The van der Waals surface area contributed by atoms with E-state index in [4.69, 9.17) is 21.1 Å². The number of benzene rings is 2. The van der Waals surface area contributed by atoms with Crippen molar-refractivity contribution in [2.45, 2.75) is 143 Å². The summed E-state index contributed by atoms with van der Waals surface area (Å²) in [6.45, 7) is 13.2. The molecule has 7 nitrogen and oxygen atoms in total. The summed E-state index contributed by atoms with van der Waals surface area (Å²) < 4.78 is 11.4. The van der Waals surface area contributed by atoms with E-state index in [-0.39, 0.29) is 17.3 Å². The van der Waals surface area contributed by atoms with Gasteiger partial charge in [-0.1, -0.05) is 90.2 Å². The number of phenols is 1. The molecule has 0 radical (unpaired) electrons. The van der Waals surface area contributed by atoms with Crippen LogP contribution in [-0.2, 0) is 14.3 Å². The van der Waals surface area contributed by atoms with Crippen LogP contribution in [0.1, 0.15) is 152 Å². The molecule has 2 aliphatic rings. The Balaban J connectivity index is 0.000000308. The quantitative estimate of drug-likeness (QED) is 0.110. The Hall–Kier alpha value is -3.06.